The standard InChI is InChI=1S/C22H19N3O/c26-22(18-10-5-2-6-11-18)25-20(14-17-8-3-1-4-9-17)15-21(24-25)19-12-7-13-23-16-19/h1-13,16,20H,14-15H2. The topological polar surface area (TPSA) is 45.6 Å². The third kappa shape index (κ3) is 3.40. The van der Waals surface area contributed by atoms with Crippen molar-refractivity contribution in [3.8, 4) is 0 Å². The lowest BCUT2D eigenvalue weighted by atomic mass is 9.99. The highest BCUT2D eigenvalue weighted by atomic mass is 16.2. The van der Waals surface area contributed by atoms with E-state index in [1.807, 2.05) is 60.7 Å². The van der Waals surface area contributed by atoms with Crippen molar-refractivity contribution in [2.75, 3.05) is 0 Å². The fraction of sp³-hybridized carbons (Fsp3) is 0.136. The lowest BCUT2D eigenvalue weighted by Crippen LogP contribution is -2.34. The van der Waals surface area contributed by atoms with Crippen LogP contribution in [0.1, 0.15) is 27.9 Å². The maximum absolute atomic E-state index is 13.0. The van der Waals surface area contributed by atoms with Gasteiger partial charge in [0.2, 0.25) is 0 Å². The van der Waals surface area contributed by atoms with Gasteiger partial charge in [-0.05, 0) is 30.2 Å². The van der Waals surface area contributed by atoms with Crippen molar-refractivity contribution in [3.63, 3.8) is 0 Å². The molecule has 1 unspecified atom stereocenters. The lowest BCUT2D eigenvalue weighted by molar-refractivity contribution is 0.0712. The summed E-state index contributed by atoms with van der Waals surface area (Å²) in [6.45, 7) is 0. The average molecular weight is 341 g/mol. The predicted octanol–water partition coefficient (Wildman–Crippen LogP) is 3.94. The molecular formula is C22H19N3O. The number of nitrogens with zero attached hydrogens (tertiary/aromatic N) is 3. The van der Waals surface area contributed by atoms with Crippen LogP contribution in [0.3, 0.4) is 0 Å². The van der Waals surface area contributed by atoms with Gasteiger partial charge >= 0.3 is 0 Å². The number of rotatable bonds is 4. The van der Waals surface area contributed by atoms with E-state index in [0.717, 1.165) is 24.1 Å². The molecule has 0 N–H and O–H groups in total. The summed E-state index contributed by atoms with van der Waals surface area (Å²) >= 11 is 0. The first-order valence-electron chi connectivity index (χ1n) is 8.71. The number of benzene rings is 2. The van der Waals surface area contributed by atoms with Crippen molar-refractivity contribution in [2.45, 2.75) is 18.9 Å². The fourth-order valence-corrected chi connectivity index (χ4v) is 3.24. The first kappa shape index (κ1) is 16.2. The molecule has 0 fully saturated rings. The predicted molar refractivity (Wildman–Crippen MR) is 102 cm³/mol. The Bertz CT molecular complexity index is 908. The zero-order valence-electron chi connectivity index (χ0n) is 14.3. The van der Waals surface area contributed by atoms with E-state index in [2.05, 4.69) is 22.2 Å². The van der Waals surface area contributed by atoms with Gasteiger partial charge in [0.1, 0.15) is 0 Å². The Kier molecular flexibility index (Phi) is 4.56. The minimum atomic E-state index is -0.0644. The molecule has 2 aromatic carbocycles. The molecule has 4 rings (SSSR count). The van der Waals surface area contributed by atoms with Gasteiger partial charge in [-0.3, -0.25) is 9.78 Å². The number of carbonyl (C=O) groups excluding carboxylic acids is 1. The molecule has 0 radical (unpaired) electrons. The molecule has 1 aliphatic rings. The first-order chi connectivity index (χ1) is 12.8. The SMILES string of the molecule is O=C(c1ccccc1)N1N=C(c2cccnc2)CC1Cc1ccccc1. The molecule has 1 atom stereocenters. The summed E-state index contributed by atoms with van der Waals surface area (Å²) in [6.07, 6.45) is 5.04. The van der Waals surface area contributed by atoms with Crippen LogP contribution in [-0.4, -0.2) is 27.7 Å². The molecule has 0 spiro atoms. The molecule has 1 amide bonds. The number of hydrogen-bond acceptors (Lipinski definition) is 3. The van der Waals surface area contributed by atoms with Crippen molar-refractivity contribution in [1.82, 2.24) is 9.99 Å². The highest BCUT2D eigenvalue weighted by molar-refractivity contribution is 6.04. The minimum absolute atomic E-state index is 0.000289. The van der Waals surface area contributed by atoms with E-state index in [-0.39, 0.29) is 11.9 Å². The molecule has 4 nitrogen and oxygen atoms in total. The molecule has 0 saturated heterocycles. The van der Waals surface area contributed by atoms with Gasteiger partial charge in [0.25, 0.3) is 5.91 Å². The molecule has 0 aliphatic carbocycles. The lowest BCUT2D eigenvalue weighted by Gasteiger charge is -2.21. The van der Waals surface area contributed by atoms with E-state index in [9.17, 15) is 4.79 Å². The zero-order valence-corrected chi connectivity index (χ0v) is 14.3. The van der Waals surface area contributed by atoms with Crippen molar-refractivity contribution in [3.05, 3.63) is 102 Å². The van der Waals surface area contributed by atoms with E-state index in [0.29, 0.717) is 5.56 Å². The molecule has 1 aliphatic heterocycles. The Morgan fingerprint density at radius 1 is 0.962 bits per heavy atom. The van der Waals surface area contributed by atoms with Crippen molar-refractivity contribution >= 4 is 11.6 Å². The Labute approximate surface area is 152 Å². The molecule has 128 valence electrons. The summed E-state index contributed by atoms with van der Waals surface area (Å²) in [7, 11) is 0. The number of amides is 1. The van der Waals surface area contributed by atoms with E-state index in [4.69, 9.17) is 0 Å². The highest BCUT2D eigenvalue weighted by Gasteiger charge is 2.32. The molecular weight excluding hydrogens is 322 g/mol. The Morgan fingerprint density at radius 3 is 2.38 bits per heavy atom. The molecule has 3 aromatic rings. The fourth-order valence-electron chi connectivity index (χ4n) is 3.24. The Balaban J connectivity index is 1.65. The Hall–Kier alpha value is -3.27. The van der Waals surface area contributed by atoms with Crippen molar-refractivity contribution in [1.29, 1.82) is 0 Å². The quantitative estimate of drug-likeness (QED) is 0.721. The largest absolute Gasteiger partial charge is 0.274 e. The molecule has 2 heterocycles. The zero-order chi connectivity index (χ0) is 17.8. The number of pyridine rings is 1. The second-order valence-electron chi connectivity index (χ2n) is 6.35. The smallest absolute Gasteiger partial charge is 0.267 e. The van der Waals surface area contributed by atoms with E-state index in [1.165, 1.54) is 5.56 Å². The molecule has 1 aromatic heterocycles. The summed E-state index contributed by atoms with van der Waals surface area (Å²) in [6, 6.07) is 23.4. The van der Waals surface area contributed by atoms with Crippen LogP contribution in [0.4, 0.5) is 0 Å². The van der Waals surface area contributed by atoms with Crippen molar-refractivity contribution < 1.29 is 4.79 Å². The van der Waals surface area contributed by atoms with Gasteiger partial charge in [0.15, 0.2) is 0 Å². The molecule has 26 heavy (non-hydrogen) atoms. The van der Waals surface area contributed by atoms with Gasteiger partial charge in [0, 0.05) is 29.9 Å². The summed E-state index contributed by atoms with van der Waals surface area (Å²) in [5, 5.41) is 6.32. The second kappa shape index (κ2) is 7.31. The third-order valence-electron chi connectivity index (χ3n) is 4.54. The monoisotopic (exact) mass is 341 g/mol. The highest BCUT2D eigenvalue weighted by Crippen LogP contribution is 2.25. The van der Waals surface area contributed by atoms with E-state index in [1.54, 1.807) is 17.4 Å². The van der Waals surface area contributed by atoms with Crippen LogP contribution in [0, 0.1) is 0 Å². The van der Waals surface area contributed by atoms with Gasteiger partial charge in [-0.2, -0.15) is 5.10 Å². The number of carbonyl (C=O) groups is 1. The van der Waals surface area contributed by atoms with E-state index >= 15 is 0 Å². The van der Waals surface area contributed by atoms with Crippen LogP contribution in [0.25, 0.3) is 0 Å². The summed E-state index contributed by atoms with van der Waals surface area (Å²) in [5.41, 5.74) is 3.73. The molecule has 0 saturated carbocycles. The van der Waals surface area contributed by atoms with Crippen LogP contribution in [0.15, 0.2) is 90.3 Å². The number of hydrazone groups is 1. The van der Waals surface area contributed by atoms with Gasteiger partial charge in [-0.1, -0.05) is 54.6 Å². The third-order valence-corrected chi connectivity index (χ3v) is 4.54. The van der Waals surface area contributed by atoms with Crippen LogP contribution in [-0.2, 0) is 6.42 Å². The van der Waals surface area contributed by atoms with Crippen molar-refractivity contribution in [2.24, 2.45) is 5.10 Å². The van der Waals surface area contributed by atoms with Gasteiger partial charge in [-0.15, -0.1) is 0 Å². The summed E-state index contributed by atoms with van der Waals surface area (Å²) < 4.78 is 0. The van der Waals surface area contributed by atoms with Gasteiger partial charge in [0.05, 0.1) is 11.8 Å². The number of aromatic nitrogens is 1. The maximum Gasteiger partial charge on any atom is 0.274 e. The van der Waals surface area contributed by atoms with Crippen LogP contribution < -0.4 is 0 Å². The maximum atomic E-state index is 13.0. The second-order valence-corrected chi connectivity index (χ2v) is 6.35. The average Bonchev–Trinajstić information content (AvgIpc) is 3.13. The van der Waals surface area contributed by atoms with Crippen LogP contribution in [0.2, 0.25) is 0 Å². The van der Waals surface area contributed by atoms with Crippen LogP contribution in [0.5, 0.6) is 0 Å². The first-order valence-corrected chi connectivity index (χ1v) is 8.71. The molecule has 0 bridgehead atoms. The normalized spacial score (nSPS) is 16.4. The number of hydrogen-bond donors (Lipinski definition) is 0. The molecule has 4 heteroatoms. The van der Waals surface area contributed by atoms with Gasteiger partial charge < -0.3 is 0 Å². The van der Waals surface area contributed by atoms with Gasteiger partial charge in [-0.25, -0.2) is 5.01 Å². The van der Waals surface area contributed by atoms with E-state index < -0.39 is 0 Å². The minimum Gasteiger partial charge on any atom is -0.267 e. The summed E-state index contributed by atoms with van der Waals surface area (Å²) in [4.78, 5) is 17.2. The summed E-state index contributed by atoms with van der Waals surface area (Å²) in [5.74, 6) is -0.0644. The van der Waals surface area contributed by atoms with Crippen LogP contribution >= 0.6 is 0 Å². The Morgan fingerprint density at radius 2 is 1.69 bits per heavy atom.